The van der Waals surface area contributed by atoms with Crippen LogP contribution in [0.25, 0.3) is 11.0 Å². The van der Waals surface area contributed by atoms with E-state index in [0.717, 1.165) is 0 Å². The fraction of sp³-hybridized carbons (Fsp3) is 0.526. The highest BCUT2D eigenvalue weighted by atomic mass is 35.5. The number of anilines is 1. The highest BCUT2D eigenvalue weighted by Crippen LogP contribution is 2.29. The van der Waals surface area contributed by atoms with Crippen molar-refractivity contribution in [2.45, 2.75) is 45.0 Å². The molecule has 2 aromatic heterocycles. The maximum atomic E-state index is 14.5. The molecule has 2 atom stereocenters. The Labute approximate surface area is 177 Å². The van der Waals surface area contributed by atoms with Gasteiger partial charge in [0.1, 0.15) is 34.3 Å². The van der Waals surface area contributed by atoms with E-state index in [4.69, 9.17) is 21.1 Å². The molecule has 9 nitrogen and oxygen atoms in total. The number of hydrogen-bond donors (Lipinski definition) is 1. The predicted molar refractivity (Wildman–Crippen MR) is 109 cm³/mol. The normalized spacial score (nSPS) is 19.5. The summed E-state index contributed by atoms with van der Waals surface area (Å²) in [5.74, 6) is -0.226. The molecule has 1 aliphatic heterocycles. The number of nitrogens with zero attached hydrogens (tertiary/aromatic N) is 4. The van der Waals surface area contributed by atoms with Gasteiger partial charge in [-0.1, -0.05) is 11.6 Å². The minimum absolute atomic E-state index is 0.0720. The topological polar surface area (TPSA) is 107 Å². The number of fused-ring (bicyclic) bond motifs is 1. The summed E-state index contributed by atoms with van der Waals surface area (Å²) >= 11 is 6.09. The molecule has 2 aromatic rings. The maximum Gasteiger partial charge on any atom is 0.408 e. The first-order valence-electron chi connectivity index (χ1n) is 9.37. The average molecular weight is 440 g/mol. The van der Waals surface area contributed by atoms with Gasteiger partial charge in [0.2, 0.25) is 0 Å². The molecule has 2 unspecified atom stereocenters. The lowest BCUT2D eigenvalue weighted by Crippen LogP contribution is -2.54. The van der Waals surface area contributed by atoms with E-state index in [1.807, 2.05) is 0 Å². The molecular formula is C19H23ClFN5O4. The number of alkyl halides is 1. The number of rotatable bonds is 3. The largest absolute Gasteiger partial charge is 0.465 e. The van der Waals surface area contributed by atoms with Crippen LogP contribution in [0.4, 0.5) is 15.0 Å². The highest BCUT2D eigenvalue weighted by molar-refractivity contribution is 6.30. The van der Waals surface area contributed by atoms with Gasteiger partial charge in [0.05, 0.1) is 18.7 Å². The number of carbonyl (C=O) groups is 2. The predicted octanol–water partition coefficient (Wildman–Crippen LogP) is 2.91. The number of carbonyl (C=O) groups excluding carboxylic acids is 2. The highest BCUT2D eigenvalue weighted by Gasteiger charge is 2.33. The SMILES string of the molecule is COC(=O)c1cc(Cl)nc2c(N3CCC(F)C(NC(=O)OC(C)(C)C)C3)ncnc12. The molecule has 1 N–H and O–H groups in total. The van der Waals surface area contributed by atoms with E-state index in [0.29, 0.717) is 17.9 Å². The Hall–Kier alpha value is -2.75. The number of halogens is 2. The Kier molecular flexibility index (Phi) is 6.25. The molecule has 3 heterocycles. The Bertz CT molecular complexity index is 968. The minimum atomic E-state index is -1.25. The molecule has 30 heavy (non-hydrogen) atoms. The van der Waals surface area contributed by atoms with Gasteiger partial charge in [-0.2, -0.15) is 0 Å². The van der Waals surface area contributed by atoms with Crippen molar-refractivity contribution in [1.29, 1.82) is 0 Å². The number of hydrogen-bond acceptors (Lipinski definition) is 8. The second kappa shape index (κ2) is 8.55. The van der Waals surface area contributed by atoms with Crippen LogP contribution in [-0.4, -0.2) is 65.0 Å². The molecule has 0 saturated carbocycles. The number of piperidine rings is 1. The number of aromatic nitrogens is 3. The van der Waals surface area contributed by atoms with Crippen molar-refractivity contribution in [3.63, 3.8) is 0 Å². The molecule has 0 aromatic carbocycles. The van der Waals surface area contributed by atoms with Crippen molar-refractivity contribution < 1.29 is 23.5 Å². The lowest BCUT2D eigenvalue weighted by Gasteiger charge is -2.36. The second-order valence-corrected chi connectivity index (χ2v) is 8.27. The molecule has 162 valence electrons. The molecule has 1 amide bonds. The van der Waals surface area contributed by atoms with Gasteiger partial charge in [-0.3, -0.25) is 0 Å². The van der Waals surface area contributed by atoms with Crippen LogP contribution in [0.2, 0.25) is 5.15 Å². The van der Waals surface area contributed by atoms with Crippen molar-refractivity contribution in [3.8, 4) is 0 Å². The first-order chi connectivity index (χ1) is 14.1. The molecule has 1 saturated heterocycles. The summed E-state index contributed by atoms with van der Waals surface area (Å²) < 4.78 is 24.5. The monoisotopic (exact) mass is 439 g/mol. The third-order valence-electron chi connectivity index (χ3n) is 4.48. The zero-order valence-electron chi connectivity index (χ0n) is 17.1. The van der Waals surface area contributed by atoms with E-state index in [-0.39, 0.29) is 29.2 Å². The van der Waals surface area contributed by atoms with E-state index in [1.54, 1.807) is 25.7 Å². The van der Waals surface area contributed by atoms with E-state index in [9.17, 15) is 14.0 Å². The summed E-state index contributed by atoms with van der Waals surface area (Å²) in [7, 11) is 1.25. The van der Waals surface area contributed by atoms with Gasteiger partial charge in [-0.05, 0) is 33.3 Å². The lowest BCUT2D eigenvalue weighted by atomic mass is 10.0. The summed E-state index contributed by atoms with van der Waals surface area (Å²) in [6, 6.07) is 0.561. The third-order valence-corrected chi connectivity index (χ3v) is 4.67. The van der Waals surface area contributed by atoms with Crippen LogP contribution in [0.3, 0.4) is 0 Å². The Balaban J connectivity index is 1.91. The molecule has 3 rings (SSSR count). The van der Waals surface area contributed by atoms with Crippen LogP contribution in [-0.2, 0) is 9.47 Å². The van der Waals surface area contributed by atoms with Crippen LogP contribution >= 0.6 is 11.6 Å². The van der Waals surface area contributed by atoms with Gasteiger partial charge in [0.25, 0.3) is 0 Å². The van der Waals surface area contributed by atoms with Crippen molar-refractivity contribution in [2.24, 2.45) is 0 Å². The first kappa shape index (κ1) is 21.9. The summed E-state index contributed by atoms with van der Waals surface area (Å²) in [5.41, 5.74) is 0.0203. The molecule has 0 aliphatic carbocycles. The number of esters is 1. The smallest absolute Gasteiger partial charge is 0.408 e. The number of amides is 1. The maximum absolute atomic E-state index is 14.5. The van der Waals surface area contributed by atoms with Crippen molar-refractivity contribution in [2.75, 3.05) is 25.1 Å². The number of alkyl carbamates (subject to hydrolysis) is 1. The van der Waals surface area contributed by atoms with E-state index < -0.39 is 29.9 Å². The van der Waals surface area contributed by atoms with Crippen LogP contribution in [0.5, 0.6) is 0 Å². The average Bonchev–Trinajstić information content (AvgIpc) is 2.66. The van der Waals surface area contributed by atoms with Crippen molar-refractivity contribution in [3.05, 3.63) is 23.1 Å². The zero-order chi connectivity index (χ0) is 22.1. The zero-order valence-corrected chi connectivity index (χ0v) is 17.9. The van der Waals surface area contributed by atoms with Crippen LogP contribution in [0.1, 0.15) is 37.6 Å². The molecule has 0 spiro atoms. The fourth-order valence-electron chi connectivity index (χ4n) is 3.20. The molecule has 0 bridgehead atoms. The number of nitrogens with one attached hydrogen (secondary N) is 1. The van der Waals surface area contributed by atoms with Crippen LogP contribution in [0, 0.1) is 0 Å². The van der Waals surface area contributed by atoms with Crippen molar-refractivity contribution in [1.82, 2.24) is 20.3 Å². The summed E-state index contributed by atoms with van der Waals surface area (Å²) in [6.45, 7) is 5.66. The standard InChI is InChI=1S/C19H23ClFN5O4/c1-19(2,3)30-18(28)24-12-8-26(6-5-11(12)21)16-15-14(22-9-23-16)10(17(27)29-4)7-13(20)25-15/h7,9,11-12H,5-6,8H2,1-4H3,(H,24,28). The van der Waals surface area contributed by atoms with E-state index in [2.05, 4.69) is 20.3 Å². The van der Waals surface area contributed by atoms with E-state index >= 15 is 0 Å². The summed E-state index contributed by atoms with van der Waals surface area (Å²) in [5, 5.41) is 2.65. The fourth-order valence-corrected chi connectivity index (χ4v) is 3.40. The summed E-state index contributed by atoms with van der Waals surface area (Å²) in [6.07, 6.45) is -0.490. The number of ether oxygens (including phenoxy) is 2. The van der Waals surface area contributed by atoms with Crippen molar-refractivity contribution >= 4 is 40.5 Å². The second-order valence-electron chi connectivity index (χ2n) is 7.88. The lowest BCUT2D eigenvalue weighted by molar-refractivity contribution is 0.0465. The Morgan fingerprint density at radius 1 is 1.30 bits per heavy atom. The van der Waals surface area contributed by atoms with Gasteiger partial charge in [0.15, 0.2) is 5.82 Å². The van der Waals surface area contributed by atoms with Crippen LogP contribution in [0.15, 0.2) is 12.4 Å². The summed E-state index contributed by atoms with van der Waals surface area (Å²) in [4.78, 5) is 38.7. The molecular weight excluding hydrogens is 417 g/mol. The van der Waals surface area contributed by atoms with E-state index in [1.165, 1.54) is 19.5 Å². The third kappa shape index (κ3) is 4.86. The van der Waals surface area contributed by atoms with Gasteiger partial charge in [0, 0.05) is 13.1 Å². The van der Waals surface area contributed by atoms with Crippen LogP contribution < -0.4 is 10.2 Å². The van der Waals surface area contributed by atoms with Gasteiger partial charge in [-0.15, -0.1) is 0 Å². The molecule has 0 radical (unpaired) electrons. The van der Waals surface area contributed by atoms with Gasteiger partial charge < -0.3 is 19.7 Å². The quantitative estimate of drug-likeness (QED) is 0.574. The van der Waals surface area contributed by atoms with Gasteiger partial charge in [-0.25, -0.2) is 28.9 Å². The van der Waals surface area contributed by atoms with Gasteiger partial charge >= 0.3 is 12.1 Å². The molecule has 11 heteroatoms. The Morgan fingerprint density at radius 3 is 2.70 bits per heavy atom. The Morgan fingerprint density at radius 2 is 2.03 bits per heavy atom. The number of pyridine rings is 1. The number of methoxy groups -OCH3 is 1. The minimum Gasteiger partial charge on any atom is -0.465 e. The first-order valence-corrected chi connectivity index (χ1v) is 9.75. The molecule has 1 fully saturated rings. The molecule has 1 aliphatic rings.